The first-order chi connectivity index (χ1) is 11.3. The Hall–Kier alpha value is -0.276. The Morgan fingerprint density at radius 3 is 1.72 bits per heavy atom. The molecule has 0 N–H and O–H groups in total. The maximum atomic E-state index is 11.8. The van der Waals surface area contributed by atoms with Crippen LogP contribution in [-0.2, 0) is 8.85 Å². The number of carbonyl (C=O) groups is 1. The highest BCUT2D eigenvalue weighted by atomic mass is 32.1. The lowest BCUT2D eigenvalue weighted by molar-refractivity contribution is 0.0826. The Balaban J connectivity index is 3.41. The second-order valence-corrected chi connectivity index (χ2v) is 15.3. The van der Waals surface area contributed by atoms with Crippen LogP contribution in [-0.4, -0.2) is 24.4 Å². The molecule has 1 heterocycles. The molecule has 0 aliphatic carbocycles. The zero-order valence-corrected chi connectivity index (χ0v) is 20.7. The molecule has 2 atom stereocenters. The van der Waals surface area contributed by atoms with E-state index in [0.717, 1.165) is 21.6 Å². The summed E-state index contributed by atoms with van der Waals surface area (Å²) in [6.07, 6.45) is 0.954. The highest BCUT2D eigenvalue weighted by Crippen LogP contribution is 2.45. The van der Waals surface area contributed by atoms with Crippen LogP contribution in [0.4, 0.5) is 0 Å². The van der Waals surface area contributed by atoms with Crippen LogP contribution in [0.2, 0.25) is 26.2 Å². The van der Waals surface area contributed by atoms with Gasteiger partial charge in [-0.2, -0.15) is 0 Å². The van der Waals surface area contributed by atoms with Gasteiger partial charge in [0.2, 0.25) is 0 Å². The fourth-order valence-electron chi connectivity index (χ4n) is 2.85. The molecule has 0 bridgehead atoms. The Morgan fingerprint density at radius 2 is 1.36 bits per heavy atom. The highest BCUT2D eigenvalue weighted by molar-refractivity contribution is 7.14. The topological polar surface area (TPSA) is 35.5 Å². The molecule has 0 radical (unpaired) electrons. The normalized spacial score (nSPS) is 15.7. The van der Waals surface area contributed by atoms with Gasteiger partial charge >= 0.3 is 0 Å². The first-order valence-electron chi connectivity index (χ1n) is 9.17. The van der Waals surface area contributed by atoms with Crippen LogP contribution in [0.15, 0.2) is 6.07 Å². The van der Waals surface area contributed by atoms with E-state index < -0.39 is 18.1 Å². The summed E-state index contributed by atoms with van der Waals surface area (Å²) in [5, 5.41) is 0. The quantitative estimate of drug-likeness (QED) is 0.433. The van der Waals surface area contributed by atoms with E-state index in [1.165, 1.54) is 0 Å². The van der Waals surface area contributed by atoms with Crippen molar-refractivity contribution >= 4 is 35.7 Å². The Kier molecular flexibility index (Phi) is 7.84. The largest absolute Gasteiger partial charge is 0.413 e. The molecule has 0 aromatic carbocycles. The minimum Gasteiger partial charge on any atom is -0.413 e. The lowest BCUT2D eigenvalue weighted by Crippen LogP contribution is -2.26. The molecule has 0 aliphatic heterocycles. The van der Waals surface area contributed by atoms with Crippen molar-refractivity contribution < 1.29 is 13.6 Å². The van der Waals surface area contributed by atoms with Crippen molar-refractivity contribution in [2.75, 3.05) is 0 Å². The summed E-state index contributed by atoms with van der Waals surface area (Å²) in [7, 11) is -2.44. The van der Waals surface area contributed by atoms with Gasteiger partial charge in [0, 0.05) is 10.4 Å². The van der Waals surface area contributed by atoms with E-state index in [2.05, 4.69) is 73.8 Å². The third-order valence-corrected chi connectivity index (χ3v) is 6.60. The van der Waals surface area contributed by atoms with Crippen molar-refractivity contribution in [3.8, 4) is 0 Å². The van der Waals surface area contributed by atoms with Crippen LogP contribution in [0.25, 0.3) is 0 Å². The number of aldehydes is 1. The molecule has 0 amide bonds. The van der Waals surface area contributed by atoms with Crippen molar-refractivity contribution in [1.82, 2.24) is 0 Å². The van der Waals surface area contributed by atoms with Gasteiger partial charge in [-0.15, -0.1) is 11.3 Å². The van der Waals surface area contributed by atoms with Crippen LogP contribution in [0.3, 0.4) is 0 Å². The van der Waals surface area contributed by atoms with Gasteiger partial charge < -0.3 is 8.85 Å². The number of carbonyl (C=O) groups excluding carboxylic acids is 1. The van der Waals surface area contributed by atoms with Crippen LogP contribution < -0.4 is 0 Å². The molecule has 2 unspecified atom stereocenters. The molecule has 0 spiro atoms. The lowest BCUT2D eigenvalue weighted by atomic mass is 9.84. The standard InChI is InChI=1S/C19H36O3SSi2/c1-18(2,3)16(21-24(7)8)13-11-14(23-15(13)12-20)17(19(4,5)6)22-25(9)10/h11-12,16-17,24-25H,1-10H3. The molecule has 0 saturated carbocycles. The molecule has 1 aromatic rings. The maximum Gasteiger partial charge on any atom is 0.171 e. The average molecular weight is 401 g/mol. The minimum atomic E-state index is -1.24. The van der Waals surface area contributed by atoms with Crippen molar-refractivity contribution in [1.29, 1.82) is 0 Å². The SMILES string of the molecule is C[SiH](C)OC(c1cc(C(O[SiH](C)C)C(C)(C)C)c(C=O)s1)C(C)(C)C. The molecule has 0 fully saturated rings. The van der Waals surface area contributed by atoms with E-state index in [4.69, 9.17) is 8.85 Å². The fourth-order valence-corrected chi connectivity index (χ4v) is 6.44. The molecular weight excluding hydrogens is 364 g/mol. The number of thiophene rings is 1. The average Bonchev–Trinajstić information content (AvgIpc) is 2.82. The minimum absolute atomic E-state index is 0.00949. The molecule has 0 aliphatic rings. The summed E-state index contributed by atoms with van der Waals surface area (Å²) >= 11 is 1.57. The van der Waals surface area contributed by atoms with E-state index in [1.54, 1.807) is 11.3 Å². The zero-order chi connectivity index (χ0) is 19.6. The molecule has 1 aromatic heterocycles. The van der Waals surface area contributed by atoms with E-state index in [9.17, 15) is 4.79 Å². The second-order valence-electron chi connectivity index (χ2n) is 9.45. The van der Waals surface area contributed by atoms with Gasteiger partial charge in [-0.1, -0.05) is 41.5 Å². The van der Waals surface area contributed by atoms with Gasteiger partial charge in [-0.3, -0.25) is 4.79 Å². The molecule has 144 valence electrons. The molecular formula is C19H36O3SSi2. The number of hydrogen-bond donors (Lipinski definition) is 0. The van der Waals surface area contributed by atoms with Crippen molar-refractivity contribution in [3.05, 3.63) is 21.4 Å². The third-order valence-electron chi connectivity index (χ3n) is 3.85. The smallest absolute Gasteiger partial charge is 0.171 e. The van der Waals surface area contributed by atoms with E-state index in [0.29, 0.717) is 0 Å². The molecule has 25 heavy (non-hydrogen) atoms. The zero-order valence-electron chi connectivity index (χ0n) is 17.6. The van der Waals surface area contributed by atoms with Crippen LogP contribution >= 0.6 is 11.3 Å². The summed E-state index contributed by atoms with van der Waals surface area (Å²) in [6, 6.07) is 2.17. The second kappa shape index (κ2) is 8.61. The first kappa shape index (κ1) is 22.8. The summed E-state index contributed by atoms with van der Waals surface area (Å²) < 4.78 is 12.7. The van der Waals surface area contributed by atoms with Gasteiger partial charge in [-0.25, -0.2) is 0 Å². The van der Waals surface area contributed by atoms with Gasteiger partial charge in [0.25, 0.3) is 0 Å². The van der Waals surface area contributed by atoms with Crippen LogP contribution in [0, 0.1) is 10.8 Å². The maximum absolute atomic E-state index is 11.8. The molecule has 1 rings (SSSR count). The number of rotatable bonds is 7. The summed E-state index contributed by atoms with van der Waals surface area (Å²) in [4.78, 5) is 13.7. The van der Waals surface area contributed by atoms with Crippen molar-refractivity contribution in [2.24, 2.45) is 10.8 Å². The Morgan fingerprint density at radius 1 is 0.920 bits per heavy atom. The van der Waals surface area contributed by atoms with Gasteiger partial charge in [-0.05, 0) is 43.1 Å². The monoisotopic (exact) mass is 400 g/mol. The van der Waals surface area contributed by atoms with Gasteiger partial charge in [0.05, 0.1) is 17.1 Å². The lowest BCUT2D eigenvalue weighted by Gasteiger charge is -2.33. The summed E-state index contributed by atoms with van der Waals surface area (Å²) in [6.45, 7) is 21.9. The first-order valence-corrected chi connectivity index (χ1v) is 15.5. The van der Waals surface area contributed by atoms with Crippen LogP contribution in [0.1, 0.15) is 73.9 Å². The molecule has 6 heteroatoms. The van der Waals surface area contributed by atoms with Crippen molar-refractivity contribution in [2.45, 2.75) is 79.9 Å². The summed E-state index contributed by atoms with van der Waals surface area (Å²) in [5.74, 6) is 0. The van der Waals surface area contributed by atoms with Crippen molar-refractivity contribution in [3.63, 3.8) is 0 Å². The molecule has 0 saturated heterocycles. The highest BCUT2D eigenvalue weighted by Gasteiger charge is 2.35. The summed E-state index contributed by atoms with van der Waals surface area (Å²) in [5.41, 5.74) is 0.967. The predicted molar refractivity (Wildman–Crippen MR) is 114 cm³/mol. The number of hydrogen-bond acceptors (Lipinski definition) is 4. The van der Waals surface area contributed by atoms with Crippen LogP contribution in [0.5, 0.6) is 0 Å². The Labute approximate surface area is 161 Å². The van der Waals surface area contributed by atoms with Gasteiger partial charge in [0.15, 0.2) is 24.4 Å². The third kappa shape index (κ3) is 6.43. The van der Waals surface area contributed by atoms with E-state index >= 15 is 0 Å². The Bertz CT molecular complexity index is 568. The van der Waals surface area contributed by atoms with E-state index in [1.807, 2.05) is 0 Å². The fraction of sp³-hybridized carbons (Fsp3) is 0.737. The molecule has 3 nitrogen and oxygen atoms in total. The van der Waals surface area contributed by atoms with Gasteiger partial charge in [0.1, 0.15) is 0 Å². The predicted octanol–water partition coefficient (Wildman–Crippen LogP) is 5.74. The van der Waals surface area contributed by atoms with E-state index in [-0.39, 0.29) is 23.0 Å².